The minimum absolute atomic E-state index is 0.233. The summed E-state index contributed by atoms with van der Waals surface area (Å²) in [6.07, 6.45) is -1.61. The molecule has 1 fully saturated rings. The third-order valence-corrected chi connectivity index (χ3v) is 7.40. The van der Waals surface area contributed by atoms with Crippen LogP contribution in [0.5, 0.6) is 0 Å². The molecule has 0 aromatic heterocycles. The third kappa shape index (κ3) is 6.01. The van der Waals surface area contributed by atoms with Crippen LogP contribution in [0, 0.1) is 6.92 Å². The number of benzene rings is 2. The molecule has 32 heavy (non-hydrogen) atoms. The number of carbonyl (C=O) groups excluding carboxylic acids is 1. The van der Waals surface area contributed by atoms with Gasteiger partial charge in [-0.05, 0) is 62.6 Å². The van der Waals surface area contributed by atoms with Crippen LogP contribution in [-0.2, 0) is 16.2 Å². The van der Waals surface area contributed by atoms with Crippen molar-refractivity contribution < 1.29 is 26.4 Å². The van der Waals surface area contributed by atoms with E-state index < -0.39 is 27.8 Å². The molecule has 1 atom stereocenters. The molecule has 0 spiro atoms. The Bertz CT molecular complexity index is 1020. The van der Waals surface area contributed by atoms with Gasteiger partial charge in [-0.1, -0.05) is 24.1 Å². The summed E-state index contributed by atoms with van der Waals surface area (Å²) in [7, 11) is -3.63. The molecule has 1 aliphatic heterocycles. The highest BCUT2D eigenvalue weighted by molar-refractivity contribution is 7.89. The van der Waals surface area contributed by atoms with Crippen molar-refractivity contribution in [3.8, 4) is 0 Å². The van der Waals surface area contributed by atoms with Gasteiger partial charge in [0.25, 0.3) is 0 Å². The number of halogens is 3. The number of piperidine rings is 1. The fourth-order valence-corrected chi connectivity index (χ4v) is 5.42. The number of urea groups is 1. The summed E-state index contributed by atoms with van der Waals surface area (Å²) in [4.78, 5) is 12.3. The van der Waals surface area contributed by atoms with E-state index in [2.05, 4.69) is 10.6 Å². The topological polar surface area (TPSA) is 78.5 Å². The number of nitrogens with one attached hydrogen (secondary N) is 2. The van der Waals surface area contributed by atoms with Gasteiger partial charge in [-0.25, -0.2) is 13.2 Å². The van der Waals surface area contributed by atoms with Gasteiger partial charge in [0.15, 0.2) is 0 Å². The van der Waals surface area contributed by atoms with Crippen LogP contribution in [0.25, 0.3) is 0 Å². The normalized spacial score (nSPS) is 17.7. The van der Waals surface area contributed by atoms with Crippen LogP contribution < -0.4 is 10.6 Å². The van der Waals surface area contributed by atoms with Gasteiger partial charge in [0.05, 0.1) is 10.5 Å². The Morgan fingerprint density at radius 2 is 1.72 bits per heavy atom. The van der Waals surface area contributed by atoms with Crippen molar-refractivity contribution in [1.29, 1.82) is 0 Å². The Labute approximate surface area is 185 Å². The molecular formula is C22H26F3N3O3S. The monoisotopic (exact) mass is 469 g/mol. The molecule has 0 saturated carbocycles. The summed E-state index contributed by atoms with van der Waals surface area (Å²) in [5.74, 6) is 0. The van der Waals surface area contributed by atoms with E-state index in [0.29, 0.717) is 19.4 Å². The molecule has 0 aliphatic carbocycles. The summed E-state index contributed by atoms with van der Waals surface area (Å²) < 4.78 is 65.6. The van der Waals surface area contributed by atoms with Crippen molar-refractivity contribution in [2.45, 2.75) is 49.7 Å². The van der Waals surface area contributed by atoms with E-state index in [9.17, 15) is 26.4 Å². The number of anilines is 1. The summed E-state index contributed by atoms with van der Waals surface area (Å²) in [6.45, 7) is 2.55. The standard InChI is InChI=1S/C22H26F3N3O3S/c1-16-5-11-20(12-6-16)32(30,31)28-15-3-2-4-19(28)13-14-26-21(29)27-18-9-7-17(8-10-18)22(23,24)25/h5-12,19H,2-4,13-15H2,1H3,(H2,26,27,29). The summed E-state index contributed by atoms with van der Waals surface area (Å²) in [5, 5.41) is 5.13. The zero-order valence-corrected chi connectivity index (χ0v) is 18.5. The minimum atomic E-state index is -4.44. The third-order valence-electron chi connectivity index (χ3n) is 5.43. The Morgan fingerprint density at radius 3 is 2.34 bits per heavy atom. The highest BCUT2D eigenvalue weighted by Crippen LogP contribution is 2.30. The van der Waals surface area contributed by atoms with Crippen molar-refractivity contribution >= 4 is 21.7 Å². The molecule has 1 saturated heterocycles. The Kier molecular flexibility index (Phi) is 7.45. The second-order valence-electron chi connectivity index (χ2n) is 7.82. The van der Waals surface area contributed by atoms with Crippen LogP contribution in [0.15, 0.2) is 53.4 Å². The van der Waals surface area contributed by atoms with Crippen molar-refractivity contribution in [3.63, 3.8) is 0 Å². The zero-order valence-electron chi connectivity index (χ0n) is 17.7. The Balaban J connectivity index is 1.55. The van der Waals surface area contributed by atoms with Crippen LogP contribution in [0.3, 0.4) is 0 Å². The highest BCUT2D eigenvalue weighted by Gasteiger charge is 2.33. The number of aryl methyl sites for hydroxylation is 1. The van der Waals surface area contributed by atoms with E-state index in [0.717, 1.165) is 30.5 Å². The van der Waals surface area contributed by atoms with E-state index in [1.165, 1.54) is 16.4 Å². The summed E-state index contributed by atoms with van der Waals surface area (Å²) in [6, 6.07) is 10.1. The average molecular weight is 470 g/mol. The lowest BCUT2D eigenvalue weighted by atomic mass is 10.0. The molecule has 2 aromatic carbocycles. The van der Waals surface area contributed by atoms with E-state index in [4.69, 9.17) is 0 Å². The predicted molar refractivity (Wildman–Crippen MR) is 116 cm³/mol. The molecule has 2 aromatic rings. The number of hydrogen-bond acceptors (Lipinski definition) is 3. The number of hydrogen-bond donors (Lipinski definition) is 2. The molecule has 6 nitrogen and oxygen atoms in total. The number of carbonyl (C=O) groups is 1. The van der Waals surface area contributed by atoms with Gasteiger partial charge in [-0.3, -0.25) is 0 Å². The van der Waals surface area contributed by atoms with Gasteiger partial charge in [-0.2, -0.15) is 17.5 Å². The van der Waals surface area contributed by atoms with E-state index in [-0.39, 0.29) is 23.2 Å². The summed E-state index contributed by atoms with van der Waals surface area (Å²) in [5.41, 5.74) is 0.412. The van der Waals surface area contributed by atoms with Crippen molar-refractivity contribution in [2.75, 3.05) is 18.4 Å². The molecule has 1 aliphatic rings. The molecule has 10 heteroatoms. The molecule has 1 unspecified atom stereocenters. The average Bonchev–Trinajstić information content (AvgIpc) is 2.74. The first-order chi connectivity index (χ1) is 15.1. The first-order valence-electron chi connectivity index (χ1n) is 10.4. The molecule has 174 valence electrons. The van der Waals surface area contributed by atoms with Gasteiger partial charge < -0.3 is 10.6 Å². The Hall–Kier alpha value is -2.59. The molecule has 1 heterocycles. The highest BCUT2D eigenvalue weighted by atomic mass is 32.2. The number of amides is 2. The number of sulfonamides is 1. The lowest BCUT2D eigenvalue weighted by molar-refractivity contribution is -0.137. The molecule has 2 amide bonds. The van der Waals surface area contributed by atoms with Crippen LogP contribution >= 0.6 is 0 Å². The smallest absolute Gasteiger partial charge is 0.338 e. The maximum absolute atomic E-state index is 13.1. The lowest BCUT2D eigenvalue weighted by Crippen LogP contribution is -2.45. The van der Waals surface area contributed by atoms with Crippen LogP contribution in [0.2, 0.25) is 0 Å². The minimum Gasteiger partial charge on any atom is -0.338 e. The summed E-state index contributed by atoms with van der Waals surface area (Å²) >= 11 is 0. The van der Waals surface area contributed by atoms with Crippen LogP contribution in [-0.4, -0.2) is 37.9 Å². The fraction of sp³-hybridized carbons (Fsp3) is 0.409. The second kappa shape index (κ2) is 9.91. The first kappa shape index (κ1) is 24.1. The number of nitrogens with zero attached hydrogens (tertiary/aromatic N) is 1. The molecule has 0 bridgehead atoms. The maximum atomic E-state index is 13.1. The van der Waals surface area contributed by atoms with Gasteiger partial charge in [0.1, 0.15) is 0 Å². The van der Waals surface area contributed by atoms with Gasteiger partial charge in [-0.15, -0.1) is 0 Å². The van der Waals surface area contributed by atoms with Crippen molar-refractivity contribution in [1.82, 2.24) is 9.62 Å². The molecule has 2 N–H and O–H groups in total. The van der Waals surface area contributed by atoms with Crippen LogP contribution in [0.4, 0.5) is 23.7 Å². The fourth-order valence-electron chi connectivity index (χ4n) is 3.69. The Morgan fingerprint density at radius 1 is 1.06 bits per heavy atom. The largest absolute Gasteiger partial charge is 0.416 e. The quantitative estimate of drug-likeness (QED) is 0.640. The van der Waals surface area contributed by atoms with E-state index >= 15 is 0 Å². The molecule has 3 rings (SSSR count). The van der Waals surface area contributed by atoms with Crippen LogP contribution in [0.1, 0.15) is 36.8 Å². The lowest BCUT2D eigenvalue weighted by Gasteiger charge is -2.34. The van der Waals surface area contributed by atoms with Gasteiger partial charge in [0.2, 0.25) is 10.0 Å². The van der Waals surface area contributed by atoms with E-state index in [1.807, 2.05) is 6.92 Å². The van der Waals surface area contributed by atoms with Gasteiger partial charge in [0, 0.05) is 24.8 Å². The van der Waals surface area contributed by atoms with Crippen molar-refractivity contribution in [3.05, 3.63) is 59.7 Å². The SMILES string of the molecule is Cc1ccc(S(=O)(=O)N2CCCCC2CCNC(=O)Nc2ccc(C(F)(F)F)cc2)cc1. The molecule has 0 radical (unpaired) electrons. The first-order valence-corrected chi connectivity index (χ1v) is 11.8. The number of alkyl halides is 3. The second-order valence-corrected chi connectivity index (χ2v) is 9.71. The maximum Gasteiger partial charge on any atom is 0.416 e. The van der Waals surface area contributed by atoms with Crippen molar-refractivity contribution in [2.24, 2.45) is 0 Å². The van der Waals surface area contributed by atoms with Gasteiger partial charge >= 0.3 is 12.2 Å². The molecular weight excluding hydrogens is 443 g/mol. The zero-order chi connectivity index (χ0) is 23.4. The number of rotatable bonds is 6. The van der Waals surface area contributed by atoms with E-state index in [1.54, 1.807) is 24.3 Å². The predicted octanol–water partition coefficient (Wildman–Crippen LogP) is 4.77.